The summed E-state index contributed by atoms with van der Waals surface area (Å²) < 4.78 is 0. The van der Waals surface area contributed by atoms with Crippen LogP contribution >= 0.6 is 0 Å². The summed E-state index contributed by atoms with van der Waals surface area (Å²) in [6, 6.07) is 8.92. The Hall–Kier alpha value is -0.820. The van der Waals surface area contributed by atoms with Crippen LogP contribution in [0.2, 0.25) is 0 Å². The van der Waals surface area contributed by atoms with Gasteiger partial charge in [-0.15, -0.1) is 0 Å². The maximum absolute atomic E-state index is 3.68. The Morgan fingerprint density at radius 2 is 1.89 bits per heavy atom. The Bertz CT molecular complexity index is 389. The Morgan fingerprint density at radius 1 is 1.17 bits per heavy atom. The largest absolute Gasteiger partial charge is 0.312 e. The first-order valence-corrected chi connectivity index (χ1v) is 7.28. The molecule has 2 unspecified atom stereocenters. The Labute approximate surface area is 112 Å². The van der Waals surface area contributed by atoms with Gasteiger partial charge < -0.3 is 5.32 Å². The summed E-state index contributed by atoms with van der Waals surface area (Å²) in [6.07, 6.45) is 4.12. The maximum Gasteiger partial charge on any atom is 0.00966 e. The monoisotopic (exact) mass is 245 g/mol. The summed E-state index contributed by atoms with van der Waals surface area (Å²) in [5.74, 6) is 1.58. The quantitative estimate of drug-likeness (QED) is 0.838. The first-order valence-electron chi connectivity index (χ1n) is 7.28. The molecule has 0 aliphatic heterocycles. The summed E-state index contributed by atoms with van der Waals surface area (Å²) in [4.78, 5) is 0. The zero-order valence-corrected chi connectivity index (χ0v) is 12.3. The van der Waals surface area contributed by atoms with Crippen molar-refractivity contribution in [3.63, 3.8) is 0 Å². The molecule has 0 radical (unpaired) electrons. The summed E-state index contributed by atoms with van der Waals surface area (Å²) in [6.45, 7) is 10.2. The van der Waals surface area contributed by atoms with Crippen LogP contribution < -0.4 is 5.32 Å². The van der Waals surface area contributed by atoms with E-state index in [0.29, 0.717) is 0 Å². The van der Waals surface area contributed by atoms with E-state index in [-0.39, 0.29) is 5.54 Å². The molecule has 1 aromatic carbocycles. The van der Waals surface area contributed by atoms with E-state index in [4.69, 9.17) is 0 Å². The number of benzene rings is 1. The second-order valence-electron chi connectivity index (χ2n) is 6.78. The van der Waals surface area contributed by atoms with Crippen molar-refractivity contribution in [3.8, 4) is 0 Å². The van der Waals surface area contributed by atoms with Gasteiger partial charge in [-0.3, -0.25) is 0 Å². The normalized spacial score (nSPS) is 24.4. The lowest BCUT2D eigenvalue weighted by Crippen LogP contribution is -2.39. The first kappa shape index (κ1) is 13.6. The maximum atomic E-state index is 3.68. The van der Waals surface area contributed by atoms with Gasteiger partial charge in [-0.05, 0) is 70.0 Å². The molecule has 1 nitrogen and oxygen atoms in total. The van der Waals surface area contributed by atoms with Crippen LogP contribution in [-0.4, -0.2) is 12.1 Å². The topological polar surface area (TPSA) is 12.0 Å². The van der Waals surface area contributed by atoms with Crippen LogP contribution in [0.1, 0.15) is 57.1 Å². The van der Waals surface area contributed by atoms with Crippen molar-refractivity contribution in [3.05, 3.63) is 35.4 Å². The van der Waals surface area contributed by atoms with Gasteiger partial charge in [0.05, 0.1) is 0 Å². The van der Waals surface area contributed by atoms with Crippen molar-refractivity contribution < 1.29 is 0 Å². The van der Waals surface area contributed by atoms with Gasteiger partial charge in [-0.2, -0.15) is 0 Å². The average Bonchev–Trinajstić information content (AvgIpc) is 2.74. The van der Waals surface area contributed by atoms with Crippen LogP contribution in [0.3, 0.4) is 0 Å². The molecule has 0 heterocycles. The smallest absolute Gasteiger partial charge is 0.00966 e. The van der Waals surface area contributed by atoms with Gasteiger partial charge in [0.1, 0.15) is 0 Å². The number of hydrogen-bond acceptors (Lipinski definition) is 1. The highest BCUT2D eigenvalue weighted by Gasteiger charge is 2.29. The van der Waals surface area contributed by atoms with Gasteiger partial charge in [-0.1, -0.05) is 30.7 Å². The molecule has 0 spiro atoms. The summed E-state index contributed by atoms with van der Waals surface area (Å²) in [5, 5.41) is 3.68. The highest BCUT2D eigenvalue weighted by atomic mass is 14.9. The third-order valence-electron chi connectivity index (χ3n) is 4.14. The molecular formula is C17H27N. The van der Waals surface area contributed by atoms with Crippen molar-refractivity contribution in [1.82, 2.24) is 5.32 Å². The molecule has 1 heteroatoms. The van der Waals surface area contributed by atoms with E-state index in [0.717, 1.165) is 18.4 Å². The first-order chi connectivity index (χ1) is 8.47. The van der Waals surface area contributed by atoms with E-state index in [2.05, 4.69) is 57.3 Å². The molecule has 1 aliphatic rings. The molecule has 1 aliphatic carbocycles. The molecule has 1 N–H and O–H groups in total. The SMILES string of the molecule is Cc1ccccc1C1CCCC1CNC(C)(C)C. The average molecular weight is 245 g/mol. The van der Waals surface area contributed by atoms with E-state index in [1.807, 2.05) is 0 Å². The number of hydrogen-bond donors (Lipinski definition) is 1. The Kier molecular flexibility index (Phi) is 4.11. The third kappa shape index (κ3) is 3.35. The highest BCUT2D eigenvalue weighted by molar-refractivity contribution is 5.30. The molecule has 0 amide bonds. The molecule has 0 saturated heterocycles. The molecule has 18 heavy (non-hydrogen) atoms. The minimum atomic E-state index is 0.235. The van der Waals surface area contributed by atoms with Gasteiger partial charge in [0.15, 0.2) is 0 Å². The standard InChI is InChI=1S/C17H27N/c1-13-8-5-6-10-15(13)16-11-7-9-14(16)12-18-17(2,3)4/h5-6,8,10,14,16,18H,7,9,11-12H2,1-4H3. The lowest BCUT2D eigenvalue weighted by molar-refractivity contribution is 0.356. The van der Waals surface area contributed by atoms with E-state index in [9.17, 15) is 0 Å². The molecule has 2 atom stereocenters. The van der Waals surface area contributed by atoms with Crippen LogP contribution in [-0.2, 0) is 0 Å². The Morgan fingerprint density at radius 3 is 2.56 bits per heavy atom. The third-order valence-corrected chi connectivity index (χ3v) is 4.14. The van der Waals surface area contributed by atoms with Crippen molar-refractivity contribution in [2.75, 3.05) is 6.54 Å². The van der Waals surface area contributed by atoms with Crippen LogP contribution in [0.15, 0.2) is 24.3 Å². The van der Waals surface area contributed by atoms with Gasteiger partial charge in [0, 0.05) is 5.54 Å². The molecule has 1 aromatic rings. The van der Waals surface area contributed by atoms with Gasteiger partial charge >= 0.3 is 0 Å². The van der Waals surface area contributed by atoms with Gasteiger partial charge in [-0.25, -0.2) is 0 Å². The summed E-state index contributed by atoms with van der Waals surface area (Å²) in [5.41, 5.74) is 3.28. The zero-order chi connectivity index (χ0) is 13.2. The lowest BCUT2D eigenvalue weighted by atomic mass is 9.86. The van der Waals surface area contributed by atoms with Gasteiger partial charge in [0.2, 0.25) is 0 Å². The van der Waals surface area contributed by atoms with Crippen LogP contribution in [0.5, 0.6) is 0 Å². The van der Waals surface area contributed by atoms with Crippen molar-refractivity contribution in [2.24, 2.45) is 5.92 Å². The fourth-order valence-electron chi connectivity index (χ4n) is 3.13. The molecule has 1 fully saturated rings. The van der Waals surface area contributed by atoms with Crippen molar-refractivity contribution in [1.29, 1.82) is 0 Å². The number of aryl methyl sites for hydroxylation is 1. The fraction of sp³-hybridized carbons (Fsp3) is 0.647. The molecule has 1 saturated carbocycles. The molecular weight excluding hydrogens is 218 g/mol. The van der Waals surface area contributed by atoms with Crippen molar-refractivity contribution >= 4 is 0 Å². The molecule has 2 rings (SSSR count). The minimum Gasteiger partial charge on any atom is -0.312 e. The molecule has 0 aromatic heterocycles. The molecule has 100 valence electrons. The predicted octanol–water partition coefficient (Wildman–Crippen LogP) is 4.27. The van der Waals surface area contributed by atoms with E-state index in [1.165, 1.54) is 24.8 Å². The predicted molar refractivity (Wildman–Crippen MR) is 79.0 cm³/mol. The van der Waals surface area contributed by atoms with Crippen LogP contribution in [0.25, 0.3) is 0 Å². The van der Waals surface area contributed by atoms with Crippen LogP contribution in [0.4, 0.5) is 0 Å². The number of rotatable bonds is 3. The lowest BCUT2D eigenvalue weighted by Gasteiger charge is -2.27. The second-order valence-corrected chi connectivity index (χ2v) is 6.78. The van der Waals surface area contributed by atoms with Crippen molar-refractivity contribution in [2.45, 2.75) is 58.4 Å². The highest BCUT2D eigenvalue weighted by Crippen LogP contribution is 2.40. The summed E-state index contributed by atoms with van der Waals surface area (Å²) in [7, 11) is 0. The zero-order valence-electron chi connectivity index (χ0n) is 12.3. The summed E-state index contributed by atoms with van der Waals surface area (Å²) >= 11 is 0. The minimum absolute atomic E-state index is 0.235. The van der Waals surface area contributed by atoms with E-state index >= 15 is 0 Å². The fourth-order valence-corrected chi connectivity index (χ4v) is 3.13. The second kappa shape index (κ2) is 5.44. The Balaban J connectivity index is 2.06. The van der Waals surface area contributed by atoms with E-state index < -0.39 is 0 Å². The van der Waals surface area contributed by atoms with Crippen LogP contribution in [0, 0.1) is 12.8 Å². The van der Waals surface area contributed by atoms with Gasteiger partial charge in [0.25, 0.3) is 0 Å². The van der Waals surface area contributed by atoms with E-state index in [1.54, 1.807) is 5.56 Å². The molecule has 0 bridgehead atoms. The number of nitrogens with one attached hydrogen (secondary N) is 1.